The first-order valence-electron chi connectivity index (χ1n) is 4.19. The summed E-state index contributed by atoms with van der Waals surface area (Å²) < 4.78 is 1.72. The highest BCUT2D eigenvalue weighted by Gasteiger charge is 2.29. The van der Waals surface area contributed by atoms with Gasteiger partial charge in [0.2, 0.25) is 0 Å². The maximum atomic E-state index is 11.4. The Bertz CT molecular complexity index is 372. The van der Waals surface area contributed by atoms with E-state index in [0.717, 1.165) is 11.4 Å². The van der Waals surface area contributed by atoms with Gasteiger partial charge in [0.1, 0.15) is 5.69 Å². The van der Waals surface area contributed by atoms with E-state index < -0.39 is 0 Å². The van der Waals surface area contributed by atoms with Gasteiger partial charge in [0.25, 0.3) is 0 Å². The Labute approximate surface area is 81.2 Å². The molecule has 7 heteroatoms. The standard InChI is InChI=1S/C7H12N6O/c1-5-6(4-8-11(5)2)13-7(14)9-10-12(13)3/h4,10H,1-3H3,(H,9,14). The van der Waals surface area contributed by atoms with Crippen LogP contribution in [0.3, 0.4) is 0 Å². The molecule has 0 aromatic carbocycles. The average Bonchev–Trinajstić information content (AvgIpc) is 2.62. The largest absolute Gasteiger partial charge is 0.353 e. The highest BCUT2D eigenvalue weighted by molar-refractivity contribution is 5.92. The van der Waals surface area contributed by atoms with Gasteiger partial charge in [0.05, 0.1) is 11.9 Å². The minimum Gasteiger partial charge on any atom is -0.271 e. The molecule has 0 saturated carbocycles. The molecule has 76 valence electrons. The van der Waals surface area contributed by atoms with Crippen LogP contribution in [0.5, 0.6) is 0 Å². The predicted octanol–water partition coefficient (Wildman–Crippen LogP) is -0.475. The molecule has 0 radical (unpaired) electrons. The zero-order valence-electron chi connectivity index (χ0n) is 8.27. The molecule has 14 heavy (non-hydrogen) atoms. The Morgan fingerprint density at radius 2 is 2.14 bits per heavy atom. The lowest BCUT2D eigenvalue weighted by molar-refractivity contribution is 0.246. The van der Waals surface area contributed by atoms with E-state index in [9.17, 15) is 4.79 Å². The summed E-state index contributed by atoms with van der Waals surface area (Å²) in [4.78, 5) is 11.4. The number of aromatic nitrogens is 2. The molecule has 2 heterocycles. The van der Waals surface area contributed by atoms with Crippen molar-refractivity contribution in [2.24, 2.45) is 7.05 Å². The van der Waals surface area contributed by atoms with Crippen molar-refractivity contribution in [2.75, 3.05) is 12.1 Å². The summed E-state index contributed by atoms with van der Waals surface area (Å²) in [5.41, 5.74) is 6.85. The summed E-state index contributed by atoms with van der Waals surface area (Å²) in [6.45, 7) is 1.90. The van der Waals surface area contributed by atoms with E-state index in [1.807, 2.05) is 14.0 Å². The third-order valence-corrected chi connectivity index (χ3v) is 2.25. The van der Waals surface area contributed by atoms with Crippen molar-refractivity contribution in [3.05, 3.63) is 11.9 Å². The van der Waals surface area contributed by atoms with Crippen LogP contribution in [-0.2, 0) is 7.05 Å². The monoisotopic (exact) mass is 196 g/mol. The second-order valence-corrected chi connectivity index (χ2v) is 3.12. The highest BCUT2D eigenvalue weighted by atomic mass is 16.2. The van der Waals surface area contributed by atoms with Crippen LogP contribution >= 0.6 is 0 Å². The molecule has 0 unspecified atom stereocenters. The molecule has 0 bridgehead atoms. The van der Waals surface area contributed by atoms with Crippen molar-refractivity contribution in [3.8, 4) is 0 Å². The number of hydrogen-bond acceptors (Lipinski definition) is 4. The van der Waals surface area contributed by atoms with Crippen LogP contribution < -0.4 is 16.0 Å². The fraction of sp³-hybridized carbons (Fsp3) is 0.429. The van der Waals surface area contributed by atoms with Crippen molar-refractivity contribution < 1.29 is 4.79 Å². The number of rotatable bonds is 1. The lowest BCUT2D eigenvalue weighted by Gasteiger charge is -2.19. The third kappa shape index (κ3) is 1.14. The van der Waals surface area contributed by atoms with Gasteiger partial charge in [0.15, 0.2) is 0 Å². The number of nitrogens with zero attached hydrogens (tertiary/aromatic N) is 4. The second-order valence-electron chi connectivity index (χ2n) is 3.12. The number of carbonyl (C=O) groups excluding carboxylic acids is 1. The van der Waals surface area contributed by atoms with Crippen LogP contribution in [0.25, 0.3) is 0 Å². The Morgan fingerprint density at radius 3 is 2.57 bits per heavy atom. The van der Waals surface area contributed by atoms with Crippen molar-refractivity contribution in [1.29, 1.82) is 0 Å². The van der Waals surface area contributed by atoms with Gasteiger partial charge in [-0.15, -0.1) is 10.7 Å². The van der Waals surface area contributed by atoms with Crippen LogP contribution in [0.1, 0.15) is 5.69 Å². The summed E-state index contributed by atoms with van der Waals surface area (Å²) in [6, 6.07) is -0.219. The molecule has 0 spiro atoms. The maximum Gasteiger partial charge on any atom is 0.353 e. The van der Waals surface area contributed by atoms with Gasteiger partial charge in [0, 0.05) is 14.1 Å². The SMILES string of the molecule is Cc1c(N2C(=O)NNN2C)cnn1C. The number of urea groups is 1. The Hall–Kier alpha value is -1.60. The number of carbonyl (C=O) groups is 1. The number of amides is 2. The normalized spacial score (nSPS) is 17.6. The second kappa shape index (κ2) is 2.96. The molecule has 1 aromatic heterocycles. The first-order valence-corrected chi connectivity index (χ1v) is 4.19. The average molecular weight is 196 g/mol. The number of anilines is 1. The van der Waals surface area contributed by atoms with Gasteiger partial charge in [-0.05, 0) is 6.92 Å². The minimum absolute atomic E-state index is 0.219. The summed E-state index contributed by atoms with van der Waals surface area (Å²) >= 11 is 0. The summed E-state index contributed by atoms with van der Waals surface area (Å²) in [5.74, 6) is 0. The molecule has 1 aliphatic heterocycles. The highest BCUT2D eigenvalue weighted by Crippen LogP contribution is 2.20. The maximum absolute atomic E-state index is 11.4. The molecule has 1 saturated heterocycles. The Balaban J connectivity index is 2.39. The molecule has 1 aliphatic rings. The fourth-order valence-electron chi connectivity index (χ4n) is 1.33. The van der Waals surface area contributed by atoms with Gasteiger partial charge in [-0.25, -0.2) is 9.80 Å². The molecular formula is C7H12N6O. The molecular weight excluding hydrogens is 184 g/mol. The van der Waals surface area contributed by atoms with E-state index in [2.05, 4.69) is 16.1 Å². The minimum atomic E-state index is -0.219. The molecule has 7 nitrogen and oxygen atoms in total. The predicted molar refractivity (Wildman–Crippen MR) is 49.9 cm³/mol. The van der Waals surface area contributed by atoms with Crippen LogP contribution in [0.2, 0.25) is 0 Å². The lowest BCUT2D eigenvalue weighted by atomic mass is 10.4. The zero-order chi connectivity index (χ0) is 10.3. The Kier molecular flexibility index (Phi) is 1.90. The Morgan fingerprint density at radius 1 is 1.43 bits per heavy atom. The summed E-state index contributed by atoms with van der Waals surface area (Å²) in [7, 11) is 3.57. The molecule has 2 rings (SSSR count). The smallest absolute Gasteiger partial charge is 0.271 e. The first kappa shape index (κ1) is 8.97. The molecule has 0 atom stereocenters. The van der Waals surface area contributed by atoms with E-state index in [0.29, 0.717) is 0 Å². The number of nitrogens with one attached hydrogen (secondary N) is 2. The van der Waals surface area contributed by atoms with Crippen LogP contribution in [0.15, 0.2) is 6.20 Å². The van der Waals surface area contributed by atoms with Gasteiger partial charge in [-0.2, -0.15) is 5.10 Å². The van der Waals surface area contributed by atoms with Gasteiger partial charge in [-0.1, -0.05) is 0 Å². The topological polar surface area (TPSA) is 65.4 Å². The zero-order valence-corrected chi connectivity index (χ0v) is 8.27. The van der Waals surface area contributed by atoms with E-state index in [1.165, 1.54) is 5.01 Å². The first-order chi connectivity index (χ1) is 6.61. The molecule has 0 aliphatic carbocycles. The van der Waals surface area contributed by atoms with E-state index in [4.69, 9.17) is 0 Å². The lowest BCUT2D eigenvalue weighted by Crippen LogP contribution is -2.40. The van der Waals surface area contributed by atoms with Gasteiger partial charge >= 0.3 is 6.03 Å². The molecule has 2 N–H and O–H groups in total. The van der Waals surface area contributed by atoms with Crippen molar-refractivity contribution in [2.45, 2.75) is 6.92 Å². The van der Waals surface area contributed by atoms with E-state index >= 15 is 0 Å². The van der Waals surface area contributed by atoms with E-state index in [1.54, 1.807) is 23.0 Å². The number of aryl methyl sites for hydroxylation is 1. The van der Waals surface area contributed by atoms with Crippen molar-refractivity contribution in [3.63, 3.8) is 0 Å². The van der Waals surface area contributed by atoms with Crippen molar-refractivity contribution in [1.82, 2.24) is 25.9 Å². The summed E-state index contributed by atoms with van der Waals surface area (Å²) in [6.07, 6.45) is 1.65. The molecule has 2 amide bonds. The van der Waals surface area contributed by atoms with Crippen LogP contribution in [0, 0.1) is 6.92 Å². The van der Waals surface area contributed by atoms with Gasteiger partial charge < -0.3 is 0 Å². The van der Waals surface area contributed by atoms with Gasteiger partial charge in [-0.3, -0.25) is 10.1 Å². The van der Waals surface area contributed by atoms with Crippen LogP contribution in [-0.4, -0.2) is 28.0 Å². The summed E-state index contributed by atoms with van der Waals surface area (Å²) in [5, 5.41) is 7.11. The third-order valence-electron chi connectivity index (χ3n) is 2.25. The van der Waals surface area contributed by atoms with E-state index in [-0.39, 0.29) is 6.03 Å². The molecule has 1 aromatic rings. The number of hydrazine groups is 3. The molecule has 1 fully saturated rings. The van der Waals surface area contributed by atoms with Crippen LogP contribution in [0.4, 0.5) is 10.5 Å². The van der Waals surface area contributed by atoms with Crippen molar-refractivity contribution >= 4 is 11.7 Å². The fourth-order valence-corrected chi connectivity index (χ4v) is 1.33. The number of hydrogen-bond donors (Lipinski definition) is 2. The quantitative estimate of drug-likeness (QED) is 0.637.